The van der Waals surface area contributed by atoms with Gasteiger partial charge in [0.05, 0.1) is 5.84 Å². The molecule has 2 atom stereocenters. The van der Waals surface area contributed by atoms with Gasteiger partial charge in [0.15, 0.2) is 5.78 Å². The average molecular weight is 414 g/mol. The Labute approximate surface area is 181 Å². The van der Waals surface area contributed by atoms with Gasteiger partial charge in [-0.1, -0.05) is 64.3 Å². The highest BCUT2D eigenvalue weighted by atomic mass is 16.1. The van der Waals surface area contributed by atoms with E-state index in [1.807, 2.05) is 19.1 Å². The Kier molecular flexibility index (Phi) is 9.07. The van der Waals surface area contributed by atoms with Crippen LogP contribution in [-0.4, -0.2) is 23.1 Å². The van der Waals surface area contributed by atoms with Crippen molar-refractivity contribution in [1.82, 2.24) is 5.32 Å². The number of rotatable bonds is 11. The summed E-state index contributed by atoms with van der Waals surface area (Å²) in [4.78, 5) is 29.6. The van der Waals surface area contributed by atoms with E-state index in [0.29, 0.717) is 37.6 Å². The van der Waals surface area contributed by atoms with Crippen LogP contribution in [0.5, 0.6) is 0 Å². The summed E-state index contributed by atoms with van der Waals surface area (Å²) in [7, 11) is 0. The lowest BCUT2D eigenvalue weighted by Gasteiger charge is -2.34. The Balaban J connectivity index is 1.89. The molecule has 1 aliphatic rings. The van der Waals surface area contributed by atoms with E-state index in [1.165, 1.54) is 12.8 Å². The number of hydrogen-bond donors (Lipinski definition) is 2. The number of hydrogen-bond acceptors (Lipinski definition) is 4. The summed E-state index contributed by atoms with van der Waals surface area (Å²) in [6, 6.07) is 8.17. The predicted octanol–water partition coefficient (Wildman–Crippen LogP) is 4.57. The summed E-state index contributed by atoms with van der Waals surface area (Å²) in [6.07, 6.45) is 6.96. The van der Waals surface area contributed by atoms with Gasteiger partial charge in [0.1, 0.15) is 5.54 Å². The molecule has 0 aromatic heterocycles. The zero-order valence-electron chi connectivity index (χ0n) is 19.2. The fourth-order valence-corrected chi connectivity index (χ4v) is 4.39. The zero-order chi connectivity index (χ0) is 22.1. The molecular formula is C25H39N3O2. The van der Waals surface area contributed by atoms with Crippen LogP contribution < -0.4 is 11.1 Å². The maximum absolute atomic E-state index is 13.1. The number of carbonyl (C=O) groups is 2. The van der Waals surface area contributed by atoms with Crippen molar-refractivity contribution in [1.29, 1.82) is 0 Å². The number of nitrogens with zero attached hydrogens (tertiary/aromatic N) is 1. The van der Waals surface area contributed by atoms with Gasteiger partial charge in [0.25, 0.3) is 0 Å². The largest absolute Gasteiger partial charge is 0.387 e. The molecule has 0 saturated carbocycles. The lowest BCUT2D eigenvalue weighted by molar-refractivity contribution is -0.128. The van der Waals surface area contributed by atoms with Crippen LogP contribution in [-0.2, 0) is 22.6 Å². The Morgan fingerprint density at radius 1 is 1.20 bits per heavy atom. The lowest BCUT2D eigenvalue weighted by Crippen LogP contribution is -2.47. The van der Waals surface area contributed by atoms with Gasteiger partial charge in [-0.3, -0.25) is 14.6 Å². The van der Waals surface area contributed by atoms with Gasteiger partial charge in [-0.05, 0) is 43.2 Å². The molecule has 0 aliphatic carbocycles. The second-order valence-corrected chi connectivity index (χ2v) is 9.35. The molecule has 166 valence electrons. The normalized spacial score (nSPS) is 21.6. The van der Waals surface area contributed by atoms with Crippen LogP contribution in [0.3, 0.4) is 0 Å². The van der Waals surface area contributed by atoms with Crippen molar-refractivity contribution in [3.05, 3.63) is 35.4 Å². The summed E-state index contributed by atoms with van der Waals surface area (Å²) in [5.41, 5.74) is 7.57. The van der Waals surface area contributed by atoms with Crippen LogP contribution in [0.15, 0.2) is 29.3 Å². The van der Waals surface area contributed by atoms with Crippen molar-refractivity contribution in [2.75, 3.05) is 0 Å². The molecule has 0 saturated heterocycles. The Bertz CT molecular complexity index is 739. The van der Waals surface area contributed by atoms with E-state index in [2.05, 4.69) is 43.2 Å². The fraction of sp³-hybridized carbons (Fsp3) is 0.640. The summed E-state index contributed by atoms with van der Waals surface area (Å²) in [5.74, 6) is 1.16. The minimum Gasteiger partial charge on any atom is -0.387 e. The molecule has 0 fully saturated rings. The zero-order valence-corrected chi connectivity index (χ0v) is 19.2. The first kappa shape index (κ1) is 24.1. The molecule has 1 aliphatic heterocycles. The van der Waals surface area contributed by atoms with Crippen LogP contribution >= 0.6 is 0 Å². The van der Waals surface area contributed by atoms with E-state index in [-0.39, 0.29) is 17.6 Å². The van der Waals surface area contributed by atoms with Gasteiger partial charge in [0, 0.05) is 25.3 Å². The minimum absolute atomic E-state index is 0.113. The molecule has 1 heterocycles. The average Bonchev–Trinajstić information content (AvgIpc) is 2.68. The summed E-state index contributed by atoms with van der Waals surface area (Å²) in [5, 5.41) is 2.99. The molecule has 1 aromatic carbocycles. The SMILES string of the molecule is CCCCCCC(=O)NCc1ccc(CC2CC(N)=NC(C)(CC(C)C)C2=O)cc1. The molecule has 2 rings (SSSR count). The first-order chi connectivity index (χ1) is 14.2. The van der Waals surface area contributed by atoms with Gasteiger partial charge in [0.2, 0.25) is 5.91 Å². The van der Waals surface area contributed by atoms with Crippen LogP contribution in [0.2, 0.25) is 0 Å². The molecule has 3 N–H and O–H groups in total. The topological polar surface area (TPSA) is 84.6 Å². The minimum atomic E-state index is -0.706. The van der Waals surface area contributed by atoms with Gasteiger partial charge < -0.3 is 11.1 Å². The van der Waals surface area contributed by atoms with Crippen molar-refractivity contribution < 1.29 is 9.59 Å². The second kappa shape index (κ2) is 11.3. The molecule has 30 heavy (non-hydrogen) atoms. The molecular weight excluding hydrogens is 374 g/mol. The van der Waals surface area contributed by atoms with E-state index in [1.54, 1.807) is 0 Å². The lowest BCUT2D eigenvalue weighted by atomic mass is 9.76. The van der Waals surface area contributed by atoms with Crippen molar-refractivity contribution >= 4 is 17.5 Å². The summed E-state index contributed by atoms with van der Waals surface area (Å²) < 4.78 is 0. The summed E-state index contributed by atoms with van der Waals surface area (Å²) in [6.45, 7) is 8.84. The molecule has 2 unspecified atom stereocenters. The van der Waals surface area contributed by atoms with E-state index >= 15 is 0 Å². The number of aliphatic imine (C=N–C) groups is 1. The van der Waals surface area contributed by atoms with Gasteiger partial charge in [-0.15, -0.1) is 0 Å². The monoisotopic (exact) mass is 413 g/mol. The number of nitrogens with one attached hydrogen (secondary N) is 1. The van der Waals surface area contributed by atoms with E-state index < -0.39 is 5.54 Å². The number of amides is 1. The number of carbonyl (C=O) groups excluding carboxylic acids is 2. The van der Waals surface area contributed by atoms with Gasteiger partial charge >= 0.3 is 0 Å². The fourth-order valence-electron chi connectivity index (χ4n) is 4.39. The molecule has 1 amide bonds. The molecule has 1 aromatic rings. The number of nitrogens with two attached hydrogens (primary N) is 1. The molecule has 5 nitrogen and oxygen atoms in total. The van der Waals surface area contributed by atoms with Crippen LogP contribution in [0.4, 0.5) is 0 Å². The number of unbranched alkanes of at least 4 members (excludes halogenated alkanes) is 3. The van der Waals surface area contributed by atoms with Crippen molar-refractivity contribution in [3.8, 4) is 0 Å². The van der Waals surface area contributed by atoms with Crippen LogP contribution in [0.1, 0.15) is 83.8 Å². The number of benzene rings is 1. The Morgan fingerprint density at radius 3 is 2.50 bits per heavy atom. The van der Waals surface area contributed by atoms with Crippen molar-refractivity contribution in [2.45, 2.75) is 91.1 Å². The first-order valence-corrected chi connectivity index (χ1v) is 11.5. The van der Waals surface area contributed by atoms with E-state index in [4.69, 9.17) is 5.73 Å². The van der Waals surface area contributed by atoms with Crippen molar-refractivity contribution in [2.24, 2.45) is 22.6 Å². The summed E-state index contributed by atoms with van der Waals surface area (Å²) >= 11 is 0. The molecule has 0 bridgehead atoms. The highest BCUT2D eigenvalue weighted by Gasteiger charge is 2.41. The third-order valence-electron chi connectivity index (χ3n) is 5.81. The maximum Gasteiger partial charge on any atom is 0.220 e. The van der Waals surface area contributed by atoms with Crippen LogP contribution in [0.25, 0.3) is 0 Å². The first-order valence-electron chi connectivity index (χ1n) is 11.5. The quantitative estimate of drug-likeness (QED) is 0.521. The van der Waals surface area contributed by atoms with Gasteiger partial charge in [-0.25, -0.2) is 0 Å². The molecule has 0 spiro atoms. The molecule has 0 radical (unpaired) electrons. The smallest absolute Gasteiger partial charge is 0.220 e. The van der Waals surface area contributed by atoms with E-state index in [9.17, 15) is 9.59 Å². The Morgan fingerprint density at radius 2 is 1.87 bits per heavy atom. The third-order valence-corrected chi connectivity index (χ3v) is 5.81. The second-order valence-electron chi connectivity index (χ2n) is 9.35. The standard InChI is InChI=1S/C25H39N3O2/c1-5-6-7-8-9-23(29)27-17-20-12-10-19(11-13-20)14-21-15-22(26)28-25(4,24(21)30)16-18(2)3/h10-13,18,21H,5-9,14-17H2,1-4H3,(H2,26,28)(H,27,29). The van der Waals surface area contributed by atoms with E-state index in [0.717, 1.165) is 30.4 Å². The van der Waals surface area contributed by atoms with Crippen LogP contribution in [0, 0.1) is 11.8 Å². The highest BCUT2D eigenvalue weighted by Crippen LogP contribution is 2.32. The van der Waals surface area contributed by atoms with Gasteiger partial charge in [-0.2, -0.15) is 0 Å². The highest BCUT2D eigenvalue weighted by molar-refractivity contribution is 5.99. The number of ketones is 1. The van der Waals surface area contributed by atoms with Crippen molar-refractivity contribution in [3.63, 3.8) is 0 Å². The predicted molar refractivity (Wildman–Crippen MR) is 123 cm³/mol. The number of amidine groups is 1. The number of Topliss-reactive ketones (excluding diaryl/α,β-unsaturated/α-hetero) is 1. The molecule has 5 heteroatoms. The Hall–Kier alpha value is -2.17. The maximum atomic E-state index is 13.1. The third kappa shape index (κ3) is 7.26.